The molecular weight excluding hydrogens is 258 g/mol. The molecule has 3 heterocycles. The van der Waals surface area contributed by atoms with Gasteiger partial charge in [0.05, 0.1) is 6.54 Å². The van der Waals surface area contributed by atoms with Gasteiger partial charge in [0.1, 0.15) is 12.4 Å². The molecule has 5 heteroatoms. The number of hydrogen-bond donors (Lipinski definition) is 1. The van der Waals surface area contributed by atoms with E-state index in [-0.39, 0.29) is 6.61 Å². The number of rotatable bonds is 2. The van der Waals surface area contributed by atoms with Crippen molar-refractivity contribution in [2.45, 2.75) is 19.6 Å². The van der Waals surface area contributed by atoms with Crippen LogP contribution < -0.4 is 0 Å². The molecule has 4 nitrogen and oxygen atoms in total. The third-order valence-electron chi connectivity index (χ3n) is 3.17. The molecule has 2 aromatic rings. The molecular formula is C14H15N3OS. The second-order valence-electron chi connectivity index (χ2n) is 4.51. The molecule has 19 heavy (non-hydrogen) atoms. The van der Waals surface area contributed by atoms with E-state index in [1.54, 1.807) is 11.3 Å². The molecule has 0 radical (unpaired) electrons. The van der Waals surface area contributed by atoms with E-state index in [4.69, 9.17) is 5.11 Å². The summed E-state index contributed by atoms with van der Waals surface area (Å²) in [6, 6.07) is 2.11. The Morgan fingerprint density at radius 2 is 2.37 bits per heavy atom. The minimum Gasteiger partial charge on any atom is -0.384 e. The monoisotopic (exact) mass is 273 g/mol. The minimum atomic E-state index is -0.0834. The van der Waals surface area contributed by atoms with Gasteiger partial charge in [-0.3, -0.25) is 4.90 Å². The van der Waals surface area contributed by atoms with Crippen LogP contribution >= 0.6 is 11.3 Å². The van der Waals surface area contributed by atoms with Crippen molar-refractivity contribution in [3.8, 4) is 11.8 Å². The maximum atomic E-state index is 8.68. The molecule has 3 rings (SSSR count). The Hall–Kier alpha value is -1.61. The van der Waals surface area contributed by atoms with Crippen molar-refractivity contribution in [1.82, 2.24) is 14.5 Å². The van der Waals surface area contributed by atoms with Crippen molar-refractivity contribution in [2.75, 3.05) is 13.2 Å². The molecule has 0 bridgehead atoms. The molecule has 0 aliphatic carbocycles. The average molecular weight is 273 g/mol. The Morgan fingerprint density at radius 1 is 1.42 bits per heavy atom. The number of imidazole rings is 1. The summed E-state index contributed by atoms with van der Waals surface area (Å²) in [6.45, 7) is 3.83. The fraction of sp³-hybridized carbons (Fsp3) is 0.357. The SMILES string of the molecule is OCC#Cc1csc(CN2CCn3ccnc3C2)c1. The third kappa shape index (κ3) is 2.87. The van der Waals surface area contributed by atoms with Gasteiger partial charge in [-0.2, -0.15) is 0 Å². The fourth-order valence-corrected chi connectivity index (χ4v) is 3.11. The summed E-state index contributed by atoms with van der Waals surface area (Å²) in [5.74, 6) is 6.76. The van der Waals surface area contributed by atoms with Gasteiger partial charge in [0.2, 0.25) is 0 Å². The molecule has 98 valence electrons. The van der Waals surface area contributed by atoms with Gasteiger partial charge in [-0.05, 0) is 6.07 Å². The molecule has 1 aliphatic heterocycles. The van der Waals surface area contributed by atoms with Crippen LogP contribution in [0.4, 0.5) is 0 Å². The lowest BCUT2D eigenvalue weighted by atomic mass is 10.3. The van der Waals surface area contributed by atoms with Gasteiger partial charge in [0.15, 0.2) is 0 Å². The van der Waals surface area contributed by atoms with Crippen LogP contribution in [-0.4, -0.2) is 32.7 Å². The second kappa shape index (κ2) is 5.57. The molecule has 1 aliphatic rings. The number of aromatic nitrogens is 2. The first kappa shape index (κ1) is 12.4. The maximum Gasteiger partial charge on any atom is 0.122 e. The fourth-order valence-electron chi connectivity index (χ4n) is 2.25. The number of aliphatic hydroxyl groups excluding tert-OH is 1. The van der Waals surface area contributed by atoms with Crippen molar-refractivity contribution in [3.05, 3.63) is 40.1 Å². The maximum absolute atomic E-state index is 8.68. The smallest absolute Gasteiger partial charge is 0.122 e. The van der Waals surface area contributed by atoms with Crippen LogP contribution in [-0.2, 0) is 19.6 Å². The van der Waals surface area contributed by atoms with Crippen LogP contribution in [0, 0.1) is 11.8 Å². The molecule has 0 spiro atoms. The van der Waals surface area contributed by atoms with E-state index in [0.717, 1.165) is 37.6 Å². The van der Waals surface area contributed by atoms with Gasteiger partial charge in [-0.25, -0.2) is 4.98 Å². The zero-order valence-corrected chi connectivity index (χ0v) is 11.4. The molecule has 0 amide bonds. The van der Waals surface area contributed by atoms with Crippen molar-refractivity contribution in [3.63, 3.8) is 0 Å². The van der Waals surface area contributed by atoms with Crippen LogP contribution in [0.15, 0.2) is 23.8 Å². The third-order valence-corrected chi connectivity index (χ3v) is 4.09. The summed E-state index contributed by atoms with van der Waals surface area (Å²) < 4.78 is 2.21. The minimum absolute atomic E-state index is 0.0834. The molecule has 1 N–H and O–H groups in total. The van der Waals surface area contributed by atoms with Gasteiger partial charge in [0, 0.05) is 47.8 Å². The Kier molecular flexibility index (Phi) is 3.65. The van der Waals surface area contributed by atoms with E-state index in [1.807, 2.05) is 17.8 Å². The quantitative estimate of drug-likeness (QED) is 0.839. The zero-order valence-electron chi connectivity index (χ0n) is 10.5. The second-order valence-corrected chi connectivity index (χ2v) is 5.50. The van der Waals surface area contributed by atoms with E-state index in [0.29, 0.717) is 0 Å². The molecule has 2 aromatic heterocycles. The molecule has 0 saturated heterocycles. The van der Waals surface area contributed by atoms with Crippen molar-refractivity contribution in [1.29, 1.82) is 0 Å². The normalized spacial score (nSPS) is 14.8. The highest BCUT2D eigenvalue weighted by atomic mass is 32.1. The molecule has 0 aromatic carbocycles. The van der Waals surface area contributed by atoms with Gasteiger partial charge >= 0.3 is 0 Å². The number of aliphatic hydroxyl groups is 1. The highest BCUT2D eigenvalue weighted by molar-refractivity contribution is 7.10. The summed E-state index contributed by atoms with van der Waals surface area (Å²) in [4.78, 5) is 8.08. The van der Waals surface area contributed by atoms with E-state index in [9.17, 15) is 0 Å². The summed E-state index contributed by atoms with van der Waals surface area (Å²) in [5.41, 5.74) is 0.993. The van der Waals surface area contributed by atoms with Gasteiger partial charge in [0.25, 0.3) is 0 Å². The summed E-state index contributed by atoms with van der Waals surface area (Å²) >= 11 is 1.72. The van der Waals surface area contributed by atoms with Gasteiger partial charge in [-0.15, -0.1) is 11.3 Å². The summed E-state index contributed by atoms with van der Waals surface area (Å²) in [7, 11) is 0. The summed E-state index contributed by atoms with van der Waals surface area (Å²) in [6.07, 6.45) is 3.91. The Labute approximate surface area is 116 Å². The first-order chi connectivity index (χ1) is 9.35. The highest BCUT2D eigenvalue weighted by Gasteiger charge is 2.16. The molecule has 0 saturated carbocycles. The van der Waals surface area contributed by atoms with Crippen LogP contribution in [0.1, 0.15) is 16.3 Å². The lowest BCUT2D eigenvalue weighted by molar-refractivity contribution is 0.210. The predicted octanol–water partition coefficient (Wildman–Crippen LogP) is 1.30. The van der Waals surface area contributed by atoms with E-state index >= 15 is 0 Å². The number of thiophene rings is 1. The molecule has 0 unspecified atom stereocenters. The van der Waals surface area contributed by atoms with Crippen molar-refractivity contribution < 1.29 is 5.11 Å². The Balaban J connectivity index is 1.65. The Morgan fingerprint density at radius 3 is 3.26 bits per heavy atom. The lowest BCUT2D eigenvalue weighted by Crippen LogP contribution is -2.32. The van der Waals surface area contributed by atoms with E-state index in [1.165, 1.54) is 4.88 Å². The lowest BCUT2D eigenvalue weighted by Gasteiger charge is -2.26. The number of hydrogen-bond acceptors (Lipinski definition) is 4. The Bertz CT molecular complexity index is 620. The highest BCUT2D eigenvalue weighted by Crippen LogP contribution is 2.19. The first-order valence-electron chi connectivity index (χ1n) is 6.24. The van der Waals surface area contributed by atoms with Crippen molar-refractivity contribution >= 4 is 11.3 Å². The average Bonchev–Trinajstić information content (AvgIpc) is 3.05. The van der Waals surface area contributed by atoms with E-state index in [2.05, 4.69) is 32.4 Å². The van der Waals surface area contributed by atoms with Crippen molar-refractivity contribution in [2.24, 2.45) is 0 Å². The standard InChI is InChI=1S/C14H15N3OS/c18-7-1-2-12-8-13(19-11-12)9-16-5-6-17-4-3-15-14(17)10-16/h3-4,8,11,18H,5-7,9-10H2. The molecule has 0 atom stereocenters. The van der Waals surface area contributed by atoms with Gasteiger partial charge < -0.3 is 9.67 Å². The van der Waals surface area contributed by atoms with Crippen LogP contribution in [0.25, 0.3) is 0 Å². The summed E-state index contributed by atoms with van der Waals surface area (Å²) in [5, 5.41) is 10.7. The molecule has 0 fully saturated rings. The van der Waals surface area contributed by atoms with Gasteiger partial charge in [-0.1, -0.05) is 11.8 Å². The largest absolute Gasteiger partial charge is 0.384 e. The van der Waals surface area contributed by atoms with Crippen LogP contribution in [0.2, 0.25) is 0 Å². The zero-order chi connectivity index (χ0) is 13.1. The van der Waals surface area contributed by atoms with E-state index < -0.39 is 0 Å². The van der Waals surface area contributed by atoms with Crippen LogP contribution in [0.5, 0.6) is 0 Å². The first-order valence-corrected chi connectivity index (χ1v) is 7.12. The topological polar surface area (TPSA) is 41.3 Å². The number of fused-ring (bicyclic) bond motifs is 1. The predicted molar refractivity (Wildman–Crippen MR) is 74.6 cm³/mol. The van der Waals surface area contributed by atoms with Crippen LogP contribution in [0.3, 0.4) is 0 Å². The number of nitrogens with zero attached hydrogens (tertiary/aromatic N) is 3.